The van der Waals surface area contributed by atoms with Crippen LogP contribution >= 0.6 is 50.1 Å². The second kappa shape index (κ2) is 12.1. The third kappa shape index (κ3) is 6.40. The highest BCUT2D eigenvalue weighted by Gasteiger charge is 2.28. The van der Waals surface area contributed by atoms with Gasteiger partial charge in [0.25, 0.3) is 5.91 Å². The van der Waals surface area contributed by atoms with Crippen molar-refractivity contribution in [2.75, 3.05) is 4.90 Å². The van der Waals surface area contributed by atoms with Gasteiger partial charge in [0.15, 0.2) is 5.82 Å². The van der Waals surface area contributed by atoms with Crippen molar-refractivity contribution in [2.45, 2.75) is 19.4 Å². The van der Waals surface area contributed by atoms with Crippen LogP contribution in [0.3, 0.4) is 0 Å². The number of benzene rings is 2. The van der Waals surface area contributed by atoms with Gasteiger partial charge in [-0.2, -0.15) is 9.78 Å². The third-order valence-corrected chi connectivity index (χ3v) is 6.99. The Labute approximate surface area is 249 Å². The van der Waals surface area contributed by atoms with Gasteiger partial charge in [0.2, 0.25) is 6.41 Å². The number of halogens is 3. The molecule has 0 fully saturated rings. The summed E-state index contributed by atoms with van der Waals surface area (Å²) in [4.78, 5) is 43.7. The molecule has 0 aliphatic carbocycles. The Morgan fingerprint density at radius 1 is 1.23 bits per heavy atom. The maximum atomic E-state index is 13.6. The number of amides is 2. The van der Waals surface area contributed by atoms with Crippen LogP contribution in [-0.2, 0) is 16.0 Å². The van der Waals surface area contributed by atoms with E-state index in [0.29, 0.717) is 25.7 Å². The summed E-state index contributed by atoms with van der Waals surface area (Å²) in [6.07, 6.45) is 2.05. The van der Waals surface area contributed by atoms with Crippen LogP contribution in [0, 0.1) is 10.5 Å². The van der Waals surface area contributed by atoms with Gasteiger partial charge in [0.05, 0.1) is 16.3 Å². The van der Waals surface area contributed by atoms with Gasteiger partial charge in [-0.05, 0) is 93.0 Å². The Kier molecular flexibility index (Phi) is 8.87. The molecule has 10 nitrogen and oxygen atoms in total. The summed E-state index contributed by atoms with van der Waals surface area (Å²) in [5.74, 6) is -1.37. The number of aromatic nitrogens is 3. The lowest BCUT2D eigenvalue weighted by molar-refractivity contribution is -0.139. The molecular weight excluding hydrogens is 705 g/mol. The molecule has 0 spiro atoms. The van der Waals surface area contributed by atoms with Crippen molar-refractivity contribution in [1.29, 1.82) is 0 Å². The SMILES string of the molecule is Cc1cc(I)cc(C(=O)NC(Cc2ccc(O)cc2)C(=O)O)c1N(C=O)c1cc(Br)nn1-c1ncccc1Cl. The van der Waals surface area contributed by atoms with E-state index in [1.54, 1.807) is 49.4 Å². The second-order valence-electron chi connectivity index (χ2n) is 8.38. The average Bonchev–Trinajstić information content (AvgIpc) is 3.27. The molecule has 0 radical (unpaired) electrons. The van der Waals surface area contributed by atoms with Crippen LogP contribution in [0.15, 0.2) is 65.4 Å². The number of carbonyl (C=O) groups is 3. The van der Waals surface area contributed by atoms with Gasteiger partial charge in [0.1, 0.15) is 22.2 Å². The number of rotatable bonds is 9. The number of pyridine rings is 1. The Bertz CT molecular complexity index is 1560. The molecule has 0 bridgehead atoms. The summed E-state index contributed by atoms with van der Waals surface area (Å²) >= 11 is 11.7. The number of carbonyl (C=O) groups excluding carboxylic acids is 2. The van der Waals surface area contributed by atoms with Gasteiger partial charge >= 0.3 is 5.97 Å². The van der Waals surface area contributed by atoms with Crippen molar-refractivity contribution in [1.82, 2.24) is 20.1 Å². The Morgan fingerprint density at radius 2 is 1.95 bits per heavy atom. The molecule has 0 saturated carbocycles. The largest absolute Gasteiger partial charge is 0.508 e. The number of phenolic OH excluding ortho intramolecular Hbond substituents is 1. The van der Waals surface area contributed by atoms with Crippen LogP contribution in [0.5, 0.6) is 5.75 Å². The van der Waals surface area contributed by atoms with E-state index in [1.807, 2.05) is 22.6 Å². The Hall–Kier alpha value is -3.49. The quantitative estimate of drug-likeness (QED) is 0.163. The fourth-order valence-corrected chi connectivity index (χ4v) is 5.30. The fraction of sp³-hybridized carbons (Fsp3) is 0.115. The molecule has 0 aliphatic rings. The Balaban J connectivity index is 1.77. The normalized spacial score (nSPS) is 11.6. The molecule has 4 rings (SSSR count). The minimum Gasteiger partial charge on any atom is -0.508 e. The molecule has 39 heavy (non-hydrogen) atoms. The molecule has 13 heteroatoms. The predicted octanol–water partition coefficient (Wildman–Crippen LogP) is 5.02. The van der Waals surface area contributed by atoms with Gasteiger partial charge in [0, 0.05) is 22.3 Å². The zero-order chi connectivity index (χ0) is 28.3. The first-order chi connectivity index (χ1) is 18.6. The highest BCUT2D eigenvalue weighted by atomic mass is 127. The van der Waals surface area contributed by atoms with Crippen LogP contribution in [0.25, 0.3) is 5.82 Å². The highest BCUT2D eigenvalue weighted by Crippen LogP contribution is 2.35. The predicted molar refractivity (Wildman–Crippen MR) is 157 cm³/mol. The molecule has 1 unspecified atom stereocenters. The summed E-state index contributed by atoms with van der Waals surface area (Å²) in [6, 6.07) is 13.0. The number of carboxylic acids is 1. The molecule has 2 amide bonds. The van der Waals surface area contributed by atoms with Crippen molar-refractivity contribution >= 4 is 79.9 Å². The van der Waals surface area contributed by atoms with Crippen LogP contribution in [0.4, 0.5) is 11.5 Å². The van der Waals surface area contributed by atoms with Crippen molar-refractivity contribution < 1.29 is 24.6 Å². The minimum absolute atomic E-state index is 0.0190. The fourth-order valence-electron chi connectivity index (χ4n) is 3.96. The lowest BCUT2D eigenvalue weighted by atomic mass is 10.0. The Morgan fingerprint density at radius 3 is 2.59 bits per heavy atom. The molecule has 2 heterocycles. The highest BCUT2D eigenvalue weighted by molar-refractivity contribution is 14.1. The molecular formula is C26H20BrClIN5O5. The molecule has 200 valence electrons. The van der Waals surface area contributed by atoms with E-state index in [-0.39, 0.29) is 40.1 Å². The molecule has 0 saturated heterocycles. The zero-order valence-corrected chi connectivity index (χ0v) is 24.7. The van der Waals surface area contributed by atoms with E-state index in [4.69, 9.17) is 11.6 Å². The molecule has 4 aromatic rings. The molecule has 2 aromatic carbocycles. The maximum Gasteiger partial charge on any atom is 0.326 e. The van der Waals surface area contributed by atoms with E-state index in [2.05, 4.69) is 31.3 Å². The van der Waals surface area contributed by atoms with Crippen molar-refractivity contribution in [3.8, 4) is 11.6 Å². The topological polar surface area (TPSA) is 138 Å². The van der Waals surface area contributed by atoms with E-state index < -0.39 is 17.9 Å². The maximum absolute atomic E-state index is 13.6. The number of hydrogen-bond donors (Lipinski definition) is 3. The van der Waals surface area contributed by atoms with Crippen LogP contribution in [0.1, 0.15) is 21.5 Å². The summed E-state index contributed by atoms with van der Waals surface area (Å²) < 4.78 is 2.46. The summed E-state index contributed by atoms with van der Waals surface area (Å²) in [7, 11) is 0. The van der Waals surface area contributed by atoms with Gasteiger partial charge in [-0.15, -0.1) is 0 Å². The molecule has 2 aromatic heterocycles. The lowest BCUT2D eigenvalue weighted by Crippen LogP contribution is -2.42. The number of nitrogens with zero attached hydrogens (tertiary/aromatic N) is 4. The number of hydrogen-bond acceptors (Lipinski definition) is 6. The van der Waals surface area contributed by atoms with E-state index in [0.717, 1.165) is 0 Å². The van der Waals surface area contributed by atoms with Crippen LogP contribution in [-0.4, -0.2) is 49.3 Å². The molecule has 1 atom stereocenters. The zero-order valence-electron chi connectivity index (χ0n) is 20.2. The second-order valence-corrected chi connectivity index (χ2v) is 10.8. The standard InChI is InChI=1S/C26H20BrClIN5O5/c1-14-9-16(29)11-18(25(37)31-20(26(38)39)10-15-4-6-17(36)7-5-15)23(14)33(13-35)22-12-21(27)32-34(22)24-19(28)3-2-8-30-24/h2-9,11-13,20,36H,10H2,1H3,(H,31,37)(H,38,39). The number of aromatic hydroxyl groups is 1. The third-order valence-electron chi connectivity index (χ3n) is 5.68. The number of anilines is 2. The van der Waals surface area contributed by atoms with Gasteiger partial charge in [-0.1, -0.05) is 23.7 Å². The first-order valence-corrected chi connectivity index (χ1v) is 13.6. The van der Waals surface area contributed by atoms with E-state index in [1.165, 1.54) is 27.9 Å². The summed E-state index contributed by atoms with van der Waals surface area (Å²) in [5.41, 5.74) is 1.51. The van der Waals surface area contributed by atoms with E-state index in [9.17, 15) is 24.6 Å². The van der Waals surface area contributed by atoms with Gasteiger partial charge in [-0.25, -0.2) is 9.78 Å². The van der Waals surface area contributed by atoms with Crippen molar-refractivity contribution in [2.24, 2.45) is 0 Å². The summed E-state index contributed by atoms with van der Waals surface area (Å²) in [6.45, 7) is 1.74. The number of aryl methyl sites for hydroxylation is 1. The minimum atomic E-state index is -1.27. The van der Waals surface area contributed by atoms with E-state index >= 15 is 0 Å². The first-order valence-electron chi connectivity index (χ1n) is 11.3. The van der Waals surface area contributed by atoms with Crippen molar-refractivity contribution in [3.05, 3.63) is 90.7 Å². The number of phenols is 1. The number of aliphatic carboxylic acids is 1. The van der Waals surface area contributed by atoms with Crippen molar-refractivity contribution in [3.63, 3.8) is 0 Å². The smallest absolute Gasteiger partial charge is 0.326 e. The van der Waals surface area contributed by atoms with Gasteiger partial charge in [-0.3, -0.25) is 14.5 Å². The lowest BCUT2D eigenvalue weighted by Gasteiger charge is -2.24. The monoisotopic (exact) mass is 723 g/mol. The number of carboxylic acid groups (broad SMARTS) is 1. The van der Waals surface area contributed by atoms with Gasteiger partial charge < -0.3 is 15.5 Å². The van der Waals surface area contributed by atoms with Crippen LogP contribution < -0.4 is 10.2 Å². The molecule has 0 aliphatic heterocycles. The summed E-state index contributed by atoms with van der Waals surface area (Å²) in [5, 5.41) is 26.6. The molecule has 3 N–H and O–H groups in total. The van der Waals surface area contributed by atoms with Crippen LogP contribution in [0.2, 0.25) is 5.02 Å². The number of nitrogens with one attached hydrogen (secondary N) is 1. The average molecular weight is 725 g/mol. The first kappa shape index (κ1) is 28.5.